The lowest BCUT2D eigenvalue weighted by atomic mass is 10.1. The second-order valence-electron chi connectivity index (χ2n) is 3.41. The number of ether oxygens (including phenoxy) is 1. The van der Waals surface area contributed by atoms with E-state index in [1.54, 1.807) is 0 Å². The molecule has 1 aromatic rings. The summed E-state index contributed by atoms with van der Waals surface area (Å²) in [5.41, 5.74) is -1.60. The molecule has 0 spiro atoms. The zero-order valence-corrected chi connectivity index (χ0v) is 9.71. The number of hydrogen-bond acceptors (Lipinski definition) is 6. The van der Waals surface area contributed by atoms with Crippen molar-refractivity contribution in [1.82, 2.24) is 0 Å². The average Bonchev–Trinajstić information content (AvgIpc) is 2.27. The maximum atomic E-state index is 11.5. The van der Waals surface area contributed by atoms with Crippen molar-refractivity contribution in [3.63, 3.8) is 0 Å². The lowest BCUT2D eigenvalue weighted by Gasteiger charge is -2.04. The Morgan fingerprint density at radius 1 is 1.28 bits per heavy atom. The molecule has 0 unspecified atom stereocenters. The van der Waals surface area contributed by atoms with E-state index in [9.17, 15) is 25.0 Å². The standard InChI is InChI=1S/C10H10N2O6/c1-3-18-10(13)7-4-6(2)5-8(11(14)15)9(7)12(16)17/h4-5H,3H2,1-2H3. The molecule has 0 aliphatic carbocycles. The lowest BCUT2D eigenvalue weighted by molar-refractivity contribution is -0.422. The number of benzene rings is 1. The van der Waals surface area contributed by atoms with Gasteiger partial charge in [-0.3, -0.25) is 20.2 Å². The number of hydrogen-bond donors (Lipinski definition) is 0. The van der Waals surface area contributed by atoms with Crippen molar-refractivity contribution >= 4 is 17.3 Å². The number of rotatable bonds is 4. The molecule has 0 saturated carbocycles. The van der Waals surface area contributed by atoms with Gasteiger partial charge in [0.05, 0.1) is 16.5 Å². The lowest BCUT2D eigenvalue weighted by Crippen LogP contribution is -2.10. The molecule has 1 rings (SSSR count). The second-order valence-corrected chi connectivity index (χ2v) is 3.41. The Morgan fingerprint density at radius 3 is 2.33 bits per heavy atom. The summed E-state index contributed by atoms with van der Waals surface area (Å²) in [5.74, 6) is -0.948. The Kier molecular flexibility index (Phi) is 3.93. The summed E-state index contributed by atoms with van der Waals surface area (Å²) < 4.78 is 4.64. The molecule has 1 aromatic carbocycles. The van der Waals surface area contributed by atoms with Crippen LogP contribution in [0.15, 0.2) is 12.1 Å². The third-order valence-electron chi connectivity index (χ3n) is 2.11. The van der Waals surface area contributed by atoms with Gasteiger partial charge in [0.25, 0.3) is 0 Å². The number of aryl methyl sites for hydroxylation is 1. The van der Waals surface area contributed by atoms with Crippen LogP contribution in [0.1, 0.15) is 22.8 Å². The molecular formula is C10H10N2O6. The SMILES string of the molecule is CCOC(=O)c1cc(C)cc([N+](=O)[O-])c1[N+](=O)[O-]. The molecule has 0 aliphatic rings. The minimum absolute atomic E-state index is 0.0255. The summed E-state index contributed by atoms with van der Waals surface area (Å²) in [6.07, 6.45) is 0. The van der Waals surface area contributed by atoms with E-state index >= 15 is 0 Å². The highest BCUT2D eigenvalue weighted by molar-refractivity contribution is 5.96. The monoisotopic (exact) mass is 254 g/mol. The number of carbonyl (C=O) groups excluding carboxylic acids is 1. The van der Waals surface area contributed by atoms with Gasteiger partial charge in [0.1, 0.15) is 5.56 Å². The van der Waals surface area contributed by atoms with Gasteiger partial charge in [0, 0.05) is 6.07 Å². The first-order valence-electron chi connectivity index (χ1n) is 4.99. The van der Waals surface area contributed by atoms with Crippen LogP contribution in [0.2, 0.25) is 0 Å². The molecule has 0 aromatic heterocycles. The van der Waals surface area contributed by atoms with Gasteiger partial charge >= 0.3 is 17.3 Å². The highest BCUT2D eigenvalue weighted by Crippen LogP contribution is 2.32. The minimum Gasteiger partial charge on any atom is -0.462 e. The first-order valence-corrected chi connectivity index (χ1v) is 4.99. The van der Waals surface area contributed by atoms with Crippen LogP contribution in [0.4, 0.5) is 11.4 Å². The van der Waals surface area contributed by atoms with Crippen molar-refractivity contribution in [2.24, 2.45) is 0 Å². The van der Waals surface area contributed by atoms with E-state index in [1.807, 2.05) is 0 Å². The fourth-order valence-electron chi connectivity index (χ4n) is 1.46. The van der Waals surface area contributed by atoms with Crippen LogP contribution in [0.25, 0.3) is 0 Å². The van der Waals surface area contributed by atoms with Crippen LogP contribution in [0.3, 0.4) is 0 Å². The Bertz CT molecular complexity index is 525. The molecule has 0 radical (unpaired) electrons. The number of nitro groups is 2. The summed E-state index contributed by atoms with van der Waals surface area (Å²) in [7, 11) is 0. The molecule has 0 heterocycles. The molecule has 0 atom stereocenters. The van der Waals surface area contributed by atoms with Crippen LogP contribution in [0, 0.1) is 27.2 Å². The molecular weight excluding hydrogens is 244 g/mol. The number of esters is 1. The normalized spacial score (nSPS) is 9.89. The first kappa shape index (κ1) is 13.6. The molecule has 0 fully saturated rings. The Morgan fingerprint density at radius 2 is 1.89 bits per heavy atom. The van der Waals surface area contributed by atoms with E-state index in [-0.39, 0.29) is 6.61 Å². The summed E-state index contributed by atoms with van der Waals surface area (Å²) in [5, 5.41) is 21.6. The van der Waals surface area contributed by atoms with Crippen molar-refractivity contribution in [3.8, 4) is 0 Å². The summed E-state index contributed by atoms with van der Waals surface area (Å²) in [6.45, 7) is 3.06. The highest BCUT2D eigenvalue weighted by Gasteiger charge is 2.33. The predicted octanol–water partition coefficient (Wildman–Crippen LogP) is 1.99. The summed E-state index contributed by atoms with van der Waals surface area (Å²) >= 11 is 0. The van der Waals surface area contributed by atoms with Gasteiger partial charge in [-0.25, -0.2) is 4.79 Å². The smallest absolute Gasteiger partial charge is 0.360 e. The average molecular weight is 254 g/mol. The largest absolute Gasteiger partial charge is 0.462 e. The fourth-order valence-corrected chi connectivity index (χ4v) is 1.46. The highest BCUT2D eigenvalue weighted by atomic mass is 16.6. The second kappa shape index (κ2) is 5.21. The third kappa shape index (κ3) is 2.59. The molecule has 0 amide bonds. The van der Waals surface area contributed by atoms with Gasteiger partial charge in [-0.15, -0.1) is 0 Å². The van der Waals surface area contributed by atoms with E-state index in [4.69, 9.17) is 0 Å². The fraction of sp³-hybridized carbons (Fsp3) is 0.300. The molecule has 96 valence electrons. The van der Waals surface area contributed by atoms with E-state index in [2.05, 4.69) is 4.74 Å². The molecule has 0 N–H and O–H groups in total. The minimum atomic E-state index is -0.955. The molecule has 8 nitrogen and oxygen atoms in total. The van der Waals surface area contributed by atoms with E-state index < -0.39 is 32.8 Å². The molecule has 18 heavy (non-hydrogen) atoms. The number of carbonyl (C=O) groups is 1. The predicted molar refractivity (Wildman–Crippen MR) is 60.4 cm³/mol. The van der Waals surface area contributed by atoms with Crippen LogP contribution in [-0.2, 0) is 4.74 Å². The molecule has 0 bridgehead atoms. The number of nitro benzene ring substituents is 2. The third-order valence-corrected chi connectivity index (χ3v) is 2.11. The molecule has 0 saturated heterocycles. The van der Waals surface area contributed by atoms with Crippen molar-refractivity contribution in [1.29, 1.82) is 0 Å². The van der Waals surface area contributed by atoms with Gasteiger partial charge in [-0.1, -0.05) is 0 Å². The zero-order chi connectivity index (χ0) is 13.9. The quantitative estimate of drug-likeness (QED) is 0.461. The summed E-state index contributed by atoms with van der Waals surface area (Å²) in [4.78, 5) is 31.3. The van der Waals surface area contributed by atoms with Crippen LogP contribution >= 0.6 is 0 Å². The van der Waals surface area contributed by atoms with Gasteiger partial charge in [0.15, 0.2) is 0 Å². The van der Waals surface area contributed by atoms with E-state index in [1.165, 1.54) is 19.9 Å². The van der Waals surface area contributed by atoms with Crippen molar-refractivity contribution in [2.75, 3.05) is 6.61 Å². The molecule has 8 heteroatoms. The van der Waals surface area contributed by atoms with Crippen molar-refractivity contribution in [3.05, 3.63) is 43.5 Å². The summed E-state index contributed by atoms with van der Waals surface area (Å²) in [6, 6.07) is 2.24. The maximum absolute atomic E-state index is 11.5. The van der Waals surface area contributed by atoms with Crippen molar-refractivity contribution in [2.45, 2.75) is 13.8 Å². The van der Waals surface area contributed by atoms with Gasteiger partial charge in [-0.05, 0) is 25.5 Å². The van der Waals surface area contributed by atoms with Crippen LogP contribution in [0.5, 0.6) is 0 Å². The van der Waals surface area contributed by atoms with Crippen molar-refractivity contribution < 1.29 is 19.4 Å². The Labute approximate surface area is 101 Å². The zero-order valence-electron chi connectivity index (χ0n) is 9.71. The van der Waals surface area contributed by atoms with Crippen LogP contribution in [-0.4, -0.2) is 22.4 Å². The van der Waals surface area contributed by atoms with Gasteiger partial charge < -0.3 is 4.74 Å². The molecule has 0 aliphatic heterocycles. The number of nitrogens with zero attached hydrogens (tertiary/aromatic N) is 2. The Balaban J connectivity index is 3.53. The van der Waals surface area contributed by atoms with Gasteiger partial charge in [0.2, 0.25) is 0 Å². The topological polar surface area (TPSA) is 113 Å². The van der Waals surface area contributed by atoms with Gasteiger partial charge in [-0.2, -0.15) is 0 Å². The van der Waals surface area contributed by atoms with E-state index in [0.717, 1.165) is 6.07 Å². The maximum Gasteiger partial charge on any atom is 0.360 e. The first-order chi connectivity index (χ1) is 8.38. The Hall–Kier alpha value is -2.51. The van der Waals surface area contributed by atoms with E-state index in [0.29, 0.717) is 5.56 Å². The van der Waals surface area contributed by atoms with Crippen LogP contribution < -0.4 is 0 Å².